The van der Waals surface area contributed by atoms with Crippen molar-refractivity contribution in [2.24, 2.45) is 0 Å². The SMILES string of the molecule is C#Cc1ccc(CC)c(CC)c1-c1cc(CC)cc(CC)c1C#C. The van der Waals surface area contributed by atoms with Gasteiger partial charge in [-0.25, -0.2) is 0 Å². The molecule has 0 atom stereocenters. The first-order chi connectivity index (χ1) is 11.6. The van der Waals surface area contributed by atoms with Crippen LogP contribution in [0.4, 0.5) is 0 Å². The highest BCUT2D eigenvalue weighted by Gasteiger charge is 2.17. The van der Waals surface area contributed by atoms with Gasteiger partial charge in [0.1, 0.15) is 0 Å². The molecule has 0 N–H and O–H groups in total. The maximum Gasteiger partial charge on any atom is 0.0353 e. The summed E-state index contributed by atoms with van der Waals surface area (Å²) in [7, 11) is 0. The van der Waals surface area contributed by atoms with Gasteiger partial charge in [-0.05, 0) is 65.6 Å². The summed E-state index contributed by atoms with van der Waals surface area (Å²) in [5, 5.41) is 0. The third kappa shape index (κ3) is 3.11. The number of hydrogen-bond donors (Lipinski definition) is 0. The molecule has 2 aromatic rings. The van der Waals surface area contributed by atoms with E-state index in [1.54, 1.807) is 0 Å². The summed E-state index contributed by atoms with van der Waals surface area (Å²) in [6.45, 7) is 8.72. The minimum atomic E-state index is 0.931. The van der Waals surface area contributed by atoms with Crippen LogP contribution in [0.3, 0.4) is 0 Å². The zero-order valence-corrected chi connectivity index (χ0v) is 15.3. The van der Waals surface area contributed by atoms with Gasteiger partial charge in [-0.1, -0.05) is 51.7 Å². The second-order valence-corrected chi connectivity index (χ2v) is 6.01. The van der Waals surface area contributed by atoms with Crippen LogP contribution in [0.2, 0.25) is 0 Å². The molecule has 0 unspecified atom stereocenters. The van der Waals surface area contributed by atoms with Crippen LogP contribution in [0, 0.1) is 24.7 Å². The number of terminal acetylenes is 2. The van der Waals surface area contributed by atoms with E-state index in [0.717, 1.165) is 47.9 Å². The van der Waals surface area contributed by atoms with E-state index in [9.17, 15) is 0 Å². The van der Waals surface area contributed by atoms with E-state index < -0.39 is 0 Å². The summed E-state index contributed by atoms with van der Waals surface area (Å²) in [4.78, 5) is 0. The van der Waals surface area contributed by atoms with Crippen molar-refractivity contribution in [3.8, 4) is 35.8 Å². The predicted octanol–water partition coefficient (Wildman–Crippen LogP) is 5.57. The Kier molecular flexibility index (Phi) is 5.89. The van der Waals surface area contributed by atoms with Crippen LogP contribution < -0.4 is 0 Å². The molecular formula is C24H26. The van der Waals surface area contributed by atoms with E-state index >= 15 is 0 Å². The number of aryl methyl sites for hydroxylation is 3. The molecule has 0 fully saturated rings. The molecule has 0 aliphatic carbocycles. The second-order valence-electron chi connectivity index (χ2n) is 6.01. The van der Waals surface area contributed by atoms with Gasteiger partial charge in [-0.15, -0.1) is 12.8 Å². The summed E-state index contributed by atoms with van der Waals surface area (Å²) in [5.74, 6) is 5.81. The van der Waals surface area contributed by atoms with E-state index in [0.29, 0.717) is 0 Å². The van der Waals surface area contributed by atoms with Crippen LogP contribution >= 0.6 is 0 Å². The van der Waals surface area contributed by atoms with Crippen molar-refractivity contribution in [2.45, 2.75) is 53.4 Å². The molecule has 122 valence electrons. The molecule has 2 rings (SSSR count). The summed E-state index contributed by atoms with van der Waals surface area (Å²) >= 11 is 0. The number of benzene rings is 2. The van der Waals surface area contributed by atoms with E-state index in [1.807, 2.05) is 0 Å². The summed E-state index contributed by atoms with van der Waals surface area (Å²) in [6, 6.07) is 8.71. The van der Waals surface area contributed by atoms with Gasteiger partial charge in [0.05, 0.1) is 0 Å². The van der Waals surface area contributed by atoms with Crippen molar-refractivity contribution >= 4 is 0 Å². The highest BCUT2D eigenvalue weighted by atomic mass is 14.2. The summed E-state index contributed by atoms with van der Waals surface area (Å²) < 4.78 is 0. The second kappa shape index (κ2) is 7.90. The van der Waals surface area contributed by atoms with Crippen LogP contribution in [-0.2, 0) is 25.7 Å². The zero-order valence-electron chi connectivity index (χ0n) is 15.3. The minimum absolute atomic E-state index is 0.931. The first-order valence-corrected chi connectivity index (χ1v) is 8.89. The lowest BCUT2D eigenvalue weighted by Gasteiger charge is -2.19. The molecule has 0 spiro atoms. The molecule has 0 radical (unpaired) electrons. The van der Waals surface area contributed by atoms with E-state index in [2.05, 4.69) is 63.8 Å². The molecule has 24 heavy (non-hydrogen) atoms. The molecule has 0 bridgehead atoms. The van der Waals surface area contributed by atoms with Crippen molar-refractivity contribution in [3.05, 3.63) is 57.6 Å². The van der Waals surface area contributed by atoms with E-state index in [4.69, 9.17) is 12.8 Å². The van der Waals surface area contributed by atoms with Gasteiger partial charge >= 0.3 is 0 Å². The van der Waals surface area contributed by atoms with Gasteiger partial charge in [0, 0.05) is 16.7 Å². The third-order valence-corrected chi connectivity index (χ3v) is 4.78. The molecule has 0 saturated heterocycles. The van der Waals surface area contributed by atoms with Crippen LogP contribution in [0.25, 0.3) is 11.1 Å². The van der Waals surface area contributed by atoms with Crippen LogP contribution in [-0.4, -0.2) is 0 Å². The van der Waals surface area contributed by atoms with E-state index in [1.165, 1.54) is 22.3 Å². The van der Waals surface area contributed by atoms with Gasteiger partial charge in [0.15, 0.2) is 0 Å². The number of hydrogen-bond acceptors (Lipinski definition) is 0. The molecule has 0 amide bonds. The van der Waals surface area contributed by atoms with Gasteiger partial charge < -0.3 is 0 Å². The largest absolute Gasteiger partial charge is 0.115 e. The highest BCUT2D eigenvalue weighted by Crippen LogP contribution is 2.35. The Morgan fingerprint density at radius 2 is 1.50 bits per heavy atom. The van der Waals surface area contributed by atoms with Crippen molar-refractivity contribution in [1.82, 2.24) is 0 Å². The Morgan fingerprint density at radius 3 is 2.00 bits per heavy atom. The van der Waals surface area contributed by atoms with Crippen molar-refractivity contribution in [1.29, 1.82) is 0 Å². The molecule has 0 saturated carbocycles. The Labute approximate surface area is 147 Å². The molecular weight excluding hydrogens is 288 g/mol. The van der Waals surface area contributed by atoms with Crippen LogP contribution in [0.15, 0.2) is 24.3 Å². The lowest BCUT2D eigenvalue weighted by molar-refractivity contribution is 1.03. The Morgan fingerprint density at radius 1 is 0.792 bits per heavy atom. The fourth-order valence-corrected chi connectivity index (χ4v) is 3.47. The Balaban J connectivity index is 2.95. The van der Waals surface area contributed by atoms with Gasteiger partial charge in [0.25, 0.3) is 0 Å². The van der Waals surface area contributed by atoms with Crippen LogP contribution in [0.5, 0.6) is 0 Å². The number of rotatable bonds is 5. The van der Waals surface area contributed by atoms with Crippen LogP contribution in [0.1, 0.15) is 61.1 Å². The maximum absolute atomic E-state index is 5.91. The molecule has 0 nitrogen and oxygen atoms in total. The Bertz CT molecular complexity index is 823. The standard InChI is InChI=1S/C24H26/c1-7-17-15-20(10-4)21(11-5)23(16-17)24-19(9-3)14-13-18(8-2)22(24)12-6/h3,5,13-16H,7-8,10,12H2,1-2,4,6H3. The molecule has 0 heterocycles. The lowest BCUT2D eigenvalue weighted by Crippen LogP contribution is -2.02. The lowest BCUT2D eigenvalue weighted by atomic mass is 9.84. The first-order valence-electron chi connectivity index (χ1n) is 8.89. The minimum Gasteiger partial charge on any atom is -0.115 e. The quantitative estimate of drug-likeness (QED) is 0.633. The van der Waals surface area contributed by atoms with Gasteiger partial charge in [-0.3, -0.25) is 0 Å². The first kappa shape index (κ1) is 17.9. The smallest absolute Gasteiger partial charge is 0.0353 e. The average molecular weight is 314 g/mol. The topological polar surface area (TPSA) is 0 Å². The fourth-order valence-electron chi connectivity index (χ4n) is 3.47. The summed E-state index contributed by atoms with van der Waals surface area (Å²) in [5.41, 5.74) is 9.47. The summed E-state index contributed by atoms with van der Waals surface area (Å²) in [6.07, 6.45) is 15.6. The van der Waals surface area contributed by atoms with Gasteiger partial charge in [0.2, 0.25) is 0 Å². The Hall–Kier alpha value is -2.44. The normalized spacial score (nSPS) is 10.2. The van der Waals surface area contributed by atoms with Crippen molar-refractivity contribution in [3.63, 3.8) is 0 Å². The van der Waals surface area contributed by atoms with Crippen molar-refractivity contribution < 1.29 is 0 Å². The fraction of sp³-hybridized carbons (Fsp3) is 0.333. The van der Waals surface area contributed by atoms with Gasteiger partial charge in [-0.2, -0.15) is 0 Å². The predicted molar refractivity (Wildman–Crippen MR) is 105 cm³/mol. The maximum atomic E-state index is 5.91. The average Bonchev–Trinajstić information content (AvgIpc) is 2.65. The molecule has 0 heteroatoms. The molecule has 0 aliphatic heterocycles. The molecule has 2 aromatic carbocycles. The zero-order chi connectivity index (χ0) is 17.7. The third-order valence-electron chi connectivity index (χ3n) is 4.78. The molecule has 0 aliphatic rings. The van der Waals surface area contributed by atoms with Crippen molar-refractivity contribution in [2.75, 3.05) is 0 Å². The van der Waals surface area contributed by atoms with E-state index in [-0.39, 0.29) is 0 Å². The monoisotopic (exact) mass is 314 g/mol. The molecule has 0 aromatic heterocycles. The highest BCUT2D eigenvalue weighted by molar-refractivity contribution is 5.81.